The molecule has 1 aliphatic rings. The fraction of sp³-hybridized carbons (Fsp3) is 0.462. The quantitative estimate of drug-likeness (QED) is 0.816. The van der Waals surface area contributed by atoms with Crippen molar-refractivity contribution in [3.8, 4) is 0 Å². The van der Waals surface area contributed by atoms with Crippen molar-refractivity contribution in [2.45, 2.75) is 23.8 Å². The van der Waals surface area contributed by atoms with E-state index in [2.05, 4.69) is 20.6 Å². The predicted molar refractivity (Wildman–Crippen MR) is 81.1 cm³/mol. The average Bonchev–Trinajstić information content (AvgIpc) is 3.24. The monoisotopic (exact) mass is 338 g/mol. The fourth-order valence-electron chi connectivity index (χ4n) is 2.85. The van der Waals surface area contributed by atoms with Crippen molar-refractivity contribution in [1.29, 1.82) is 0 Å². The highest BCUT2D eigenvalue weighted by molar-refractivity contribution is 7.89. The van der Waals surface area contributed by atoms with E-state index in [1.54, 1.807) is 7.05 Å². The van der Waals surface area contributed by atoms with E-state index in [1.807, 2.05) is 0 Å². The molecule has 1 atom stereocenters. The van der Waals surface area contributed by atoms with Crippen molar-refractivity contribution in [2.24, 2.45) is 7.05 Å². The molecule has 0 saturated carbocycles. The topological polar surface area (TPSA) is 113 Å². The maximum atomic E-state index is 12.8. The van der Waals surface area contributed by atoms with Gasteiger partial charge in [0.05, 0.1) is 29.7 Å². The summed E-state index contributed by atoms with van der Waals surface area (Å²) in [6.07, 6.45) is 5.57. The van der Waals surface area contributed by atoms with Crippen LogP contribution in [-0.4, -0.2) is 52.2 Å². The molecular weight excluding hydrogens is 320 g/mol. The zero-order valence-electron chi connectivity index (χ0n) is 12.9. The molecule has 10 heteroatoms. The van der Waals surface area contributed by atoms with E-state index >= 15 is 0 Å². The smallest absolute Gasteiger partial charge is 0.254 e. The van der Waals surface area contributed by atoms with Gasteiger partial charge in [-0.15, -0.1) is 0 Å². The number of H-pyrrole nitrogens is 1. The highest BCUT2D eigenvalue weighted by Gasteiger charge is 2.39. The molecule has 0 aromatic carbocycles. The molecule has 9 nitrogen and oxygen atoms in total. The van der Waals surface area contributed by atoms with E-state index < -0.39 is 16.1 Å². The lowest BCUT2D eigenvalue weighted by Crippen LogP contribution is -2.32. The van der Waals surface area contributed by atoms with Crippen LogP contribution < -0.4 is 5.32 Å². The molecule has 1 fully saturated rings. The van der Waals surface area contributed by atoms with Crippen LogP contribution in [0.5, 0.6) is 0 Å². The fourth-order valence-corrected chi connectivity index (χ4v) is 4.50. The van der Waals surface area contributed by atoms with Gasteiger partial charge in [0.15, 0.2) is 0 Å². The Morgan fingerprint density at radius 3 is 2.87 bits per heavy atom. The summed E-state index contributed by atoms with van der Waals surface area (Å²) < 4.78 is 28.5. The number of rotatable bonds is 4. The lowest BCUT2D eigenvalue weighted by atomic mass is 10.1. The minimum Gasteiger partial charge on any atom is -0.355 e. The van der Waals surface area contributed by atoms with Crippen LogP contribution in [0.3, 0.4) is 0 Å². The first kappa shape index (κ1) is 15.7. The van der Waals surface area contributed by atoms with Crippen LogP contribution in [0.1, 0.15) is 34.9 Å². The second-order valence-corrected chi connectivity index (χ2v) is 7.29. The lowest BCUT2D eigenvalue weighted by molar-refractivity contribution is 0.0961. The van der Waals surface area contributed by atoms with Crippen molar-refractivity contribution >= 4 is 15.9 Å². The number of aromatic nitrogens is 4. The number of hydrogen-bond acceptors (Lipinski definition) is 5. The molecule has 1 amide bonds. The van der Waals surface area contributed by atoms with E-state index in [-0.39, 0.29) is 10.8 Å². The Bertz CT molecular complexity index is 824. The Hall–Kier alpha value is -2.20. The number of carbonyl (C=O) groups excluding carboxylic acids is 1. The van der Waals surface area contributed by atoms with Gasteiger partial charge in [0.25, 0.3) is 5.91 Å². The SMILES string of the molecule is CNC(=O)c1cn[nH]c1C1CCCN1S(=O)(=O)c1cnn(C)c1. The van der Waals surface area contributed by atoms with Crippen molar-refractivity contribution in [3.05, 3.63) is 29.8 Å². The second kappa shape index (κ2) is 5.78. The largest absolute Gasteiger partial charge is 0.355 e. The summed E-state index contributed by atoms with van der Waals surface area (Å²) in [5.74, 6) is -0.292. The van der Waals surface area contributed by atoms with Gasteiger partial charge in [-0.25, -0.2) is 8.42 Å². The minimum atomic E-state index is -3.67. The van der Waals surface area contributed by atoms with E-state index in [0.29, 0.717) is 24.2 Å². The van der Waals surface area contributed by atoms with Gasteiger partial charge in [0.2, 0.25) is 10.0 Å². The number of aryl methyl sites for hydroxylation is 1. The Kier molecular flexibility index (Phi) is 3.94. The van der Waals surface area contributed by atoms with Crippen LogP contribution in [0, 0.1) is 0 Å². The third-order valence-electron chi connectivity index (χ3n) is 3.97. The van der Waals surface area contributed by atoms with Crippen LogP contribution in [0.25, 0.3) is 0 Å². The number of nitrogens with one attached hydrogen (secondary N) is 2. The van der Waals surface area contributed by atoms with E-state index in [1.165, 1.54) is 34.6 Å². The van der Waals surface area contributed by atoms with Crippen LogP contribution in [0.15, 0.2) is 23.5 Å². The Morgan fingerprint density at radius 2 is 2.22 bits per heavy atom. The van der Waals surface area contributed by atoms with Crippen LogP contribution in [0.2, 0.25) is 0 Å². The standard InChI is InChI=1S/C13H18N6O3S/c1-14-13(20)10-7-15-17-12(10)11-4-3-5-19(11)23(21,22)9-6-16-18(2)8-9/h6-8,11H,3-5H2,1-2H3,(H,14,20)(H,15,17). The van der Waals surface area contributed by atoms with Crippen LogP contribution in [-0.2, 0) is 17.1 Å². The van der Waals surface area contributed by atoms with Crippen molar-refractivity contribution in [2.75, 3.05) is 13.6 Å². The molecule has 0 spiro atoms. The zero-order chi connectivity index (χ0) is 16.6. The molecule has 2 aromatic heterocycles. The van der Waals surface area contributed by atoms with Gasteiger partial charge in [-0.1, -0.05) is 0 Å². The van der Waals surface area contributed by atoms with Crippen LogP contribution in [0.4, 0.5) is 0 Å². The number of hydrogen-bond donors (Lipinski definition) is 2. The van der Waals surface area contributed by atoms with Gasteiger partial charge in [0.1, 0.15) is 4.90 Å². The van der Waals surface area contributed by atoms with E-state index in [4.69, 9.17) is 0 Å². The number of carbonyl (C=O) groups is 1. The summed E-state index contributed by atoms with van der Waals surface area (Å²) >= 11 is 0. The molecule has 23 heavy (non-hydrogen) atoms. The molecule has 124 valence electrons. The molecule has 3 heterocycles. The maximum absolute atomic E-state index is 12.8. The summed E-state index contributed by atoms with van der Waals surface area (Å²) in [4.78, 5) is 12.1. The van der Waals surface area contributed by atoms with Crippen LogP contribution >= 0.6 is 0 Å². The van der Waals surface area contributed by atoms with E-state index in [0.717, 1.165) is 6.42 Å². The van der Waals surface area contributed by atoms with Gasteiger partial charge in [-0.2, -0.15) is 14.5 Å². The molecule has 0 aliphatic carbocycles. The molecule has 1 aliphatic heterocycles. The summed E-state index contributed by atoms with van der Waals surface area (Å²) in [6.45, 7) is 0.397. The minimum absolute atomic E-state index is 0.146. The summed E-state index contributed by atoms with van der Waals surface area (Å²) in [5.41, 5.74) is 0.889. The lowest BCUT2D eigenvalue weighted by Gasteiger charge is -2.23. The number of aromatic amines is 1. The Labute approximate surface area is 133 Å². The number of nitrogens with zero attached hydrogens (tertiary/aromatic N) is 4. The first-order valence-corrected chi connectivity index (χ1v) is 8.65. The summed E-state index contributed by atoms with van der Waals surface area (Å²) in [7, 11) is -0.480. The number of amides is 1. The second-order valence-electron chi connectivity index (χ2n) is 5.40. The number of sulfonamides is 1. The predicted octanol–water partition coefficient (Wildman–Crippen LogP) is 0.0286. The molecule has 3 rings (SSSR count). The molecular formula is C13H18N6O3S. The molecule has 1 unspecified atom stereocenters. The highest BCUT2D eigenvalue weighted by Crippen LogP contribution is 2.36. The first-order chi connectivity index (χ1) is 10.9. The van der Waals surface area contributed by atoms with Gasteiger partial charge in [0, 0.05) is 26.8 Å². The molecule has 0 radical (unpaired) electrons. The summed E-state index contributed by atoms with van der Waals surface area (Å²) in [6, 6.07) is -0.435. The third kappa shape index (κ3) is 2.63. The maximum Gasteiger partial charge on any atom is 0.254 e. The van der Waals surface area contributed by atoms with Crippen molar-refractivity contribution in [3.63, 3.8) is 0 Å². The van der Waals surface area contributed by atoms with Crippen molar-refractivity contribution < 1.29 is 13.2 Å². The third-order valence-corrected chi connectivity index (χ3v) is 5.83. The van der Waals surface area contributed by atoms with Gasteiger partial charge in [-0.05, 0) is 12.8 Å². The Balaban J connectivity index is 1.98. The molecule has 2 aromatic rings. The van der Waals surface area contributed by atoms with Gasteiger partial charge < -0.3 is 5.32 Å². The normalized spacial score (nSPS) is 19.1. The zero-order valence-corrected chi connectivity index (χ0v) is 13.7. The molecule has 1 saturated heterocycles. The van der Waals surface area contributed by atoms with Crippen molar-refractivity contribution in [1.82, 2.24) is 29.6 Å². The van der Waals surface area contributed by atoms with Gasteiger partial charge in [-0.3, -0.25) is 14.6 Å². The Morgan fingerprint density at radius 1 is 1.43 bits per heavy atom. The molecule has 0 bridgehead atoms. The van der Waals surface area contributed by atoms with E-state index in [9.17, 15) is 13.2 Å². The highest BCUT2D eigenvalue weighted by atomic mass is 32.2. The average molecular weight is 338 g/mol. The first-order valence-electron chi connectivity index (χ1n) is 7.21. The molecule has 2 N–H and O–H groups in total. The van der Waals surface area contributed by atoms with Gasteiger partial charge >= 0.3 is 0 Å². The summed E-state index contributed by atoms with van der Waals surface area (Å²) in [5, 5.41) is 13.2.